The second-order valence-electron chi connectivity index (χ2n) is 5.64. The standard InChI is InChI=1S/C15H23BrN2O/c1-11(19)12-6-7-15(14(16)9-12)18-8-4-5-13(18)10-17(2)3/h6-7,9,11,13,19H,4-5,8,10H2,1-3H3/t11-,13?/m1/s1. The minimum absolute atomic E-state index is 0.415. The Morgan fingerprint density at radius 3 is 2.79 bits per heavy atom. The lowest BCUT2D eigenvalue weighted by Crippen LogP contribution is -2.37. The molecular formula is C15H23BrN2O. The molecule has 1 aliphatic heterocycles. The van der Waals surface area contributed by atoms with Gasteiger partial charge in [0, 0.05) is 23.6 Å². The normalized spacial score (nSPS) is 21.2. The van der Waals surface area contributed by atoms with Crippen LogP contribution in [0.1, 0.15) is 31.4 Å². The number of rotatable bonds is 4. The van der Waals surface area contributed by atoms with E-state index in [-0.39, 0.29) is 0 Å². The van der Waals surface area contributed by atoms with Crippen molar-refractivity contribution in [3.63, 3.8) is 0 Å². The maximum absolute atomic E-state index is 9.63. The molecule has 1 saturated heterocycles. The van der Waals surface area contributed by atoms with Crippen LogP contribution in [0.2, 0.25) is 0 Å². The summed E-state index contributed by atoms with van der Waals surface area (Å²) in [6, 6.07) is 6.77. The van der Waals surface area contributed by atoms with Crippen molar-refractivity contribution in [1.29, 1.82) is 0 Å². The molecule has 2 rings (SSSR count). The largest absolute Gasteiger partial charge is 0.389 e. The molecule has 0 bridgehead atoms. The Morgan fingerprint density at radius 2 is 2.21 bits per heavy atom. The van der Waals surface area contributed by atoms with Gasteiger partial charge in [0.2, 0.25) is 0 Å². The maximum atomic E-state index is 9.63. The Morgan fingerprint density at radius 1 is 1.47 bits per heavy atom. The summed E-state index contributed by atoms with van der Waals surface area (Å²) in [7, 11) is 4.25. The summed E-state index contributed by atoms with van der Waals surface area (Å²) < 4.78 is 1.08. The van der Waals surface area contributed by atoms with Crippen LogP contribution in [0.25, 0.3) is 0 Å². The molecule has 0 radical (unpaired) electrons. The summed E-state index contributed by atoms with van der Waals surface area (Å²) in [6.07, 6.45) is 2.09. The zero-order chi connectivity index (χ0) is 14.0. The van der Waals surface area contributed by atoms with Crippen molar-refractivity contribution < 1.29 is 5.11 Å². The molecule has 1 aromatic carbocycles. The molecule has 4 heteroatoms. The highest BCUT2D eigenvalue weighted by molar-refractivity contribution is 9.10. The first-order chi connectivity index (χ1) is 8.99. The lowest BCUT2D eigenvalue weighted by molar-refractivity contribution is 0.199. The van der Waals surface area contributed by atoms with Crippen molar-refractivity contribution in [3.8, 4) is 0 Å². The fourth-order valence-electron chi connectivity index (χ4n) is 2.78. The van der Waals surface area contributed by atoms with E-state index in [1.165, 1.54) is 18.5 Å². The second kappa shape index (κ2) is 6.25. The number of hydrogen-bond acceptors (Lipinski definition) is 3. The van der Waals surface area contributed by atoms with E-state index in [1.54, 1.807) is 6.92 Å². The lowest BCUT2D eigenvalue weighted by atomic mass is 10.1. The molecule has 0 aromatic heterocycles. The Balaban J connectivity index is 2.21. The molecule has 1 aliphatic rings. The SMILES string of the molecule is C[C@@H](O)c1ccc(N2CCCC2CN(C)C)c(Br)c1. The smallest absolute Gasteiger partial charge is 0.0762 e. The predicted molar refractivity (Wildman–Crippen MR) is 83.7 cm³/mol. The molecule has 1 unspecified atom stereocenters. The van der Waals surface area contributed by atoms with Crippen molar-refractivity contribution in [3.05, 3.63) is 28.2 Å². The number of aliphatic hydroxyl groups is 1. The molecule has 0 aliphatic carbocycles. The number of halogens is 1. The highest BCUT2D eigenvalue weighted by atomic mass is 79.9. The van der Waals surface area contributed by atoms with Crippen molar-refractivity contribution in [1.82, 2.24) is 4.90 Å². The first kappa shape index (κ1) is 14.8. The van der Waals surface area contributed by atoms with Gasteiger partial charge in [-0.25, -0.2) is 0 Å². The van der Waals surface area contributed by atoms with E-state index in [0.29, 0.717) is 6.04 Å². The molecule has 3 nitrogen and oxygen atoms in total. The molecule has 1 aromatic rings. The molecule has 1 fully saturated rings. The van der Waals surface area contributed by atoms with Crippen molar-refractivity contribution in [2.24, 2.45) is 0 Å². The molecule has 19 heavy (non-hydrogen) atoms. The third-order valence-corrected chi connectivity index (χ3v) is 4.35. The first-order valence-corrected chi connectivity index (χ1v) is 7.67. The summed E-state index contributed by atoms with van der Waals surface area (Å²) >= 11 is 3.65. The average molecular weight is 327 g/mol. The van der Waals surface area contributed by atoms with Crippen LogP contribution in [0.3, 0.4) is 0 Å². The van der Waals surface area contributed by atoms with E-state index >= 15 is 0 Å². The topological polar surface area (TPSA) is 26.7 Å². The highest BCUT2D eigenvalue weighted by Gasteiger charge is 2.26. The molecule has 1 heterocycles. The molecule has 0 spiro atoms. The van der Waals surface area contributed by atoms with Gasteiger partial charge in [-0.1, -0.05) is 6.07 Å². The Bertz CT molecular complexity index is 434. The molecular weight excluding hydrogens is 304 g/mol. The average Bonchev–Trinajstić information content (AvgIpc) is 2.75. The number of hydrogen-bond donors (Lipinski definition) is 1. The number of aliphatic hydroxyl groups excluding tert-OH is 1. The van der Waals surface area contributed by atoms with Crippen LogP contribution in [0, 0.1) is 0 Å². The quantitative estimate of drug-likeness (QED) is 0.921. The van der Waals surface area contributed by atoms with Crippen LogP contribution in [0.15, 0.2) is 22.7 Å². The lowest BCUT2D eigenvalue weighted by Gasteiger charge is -2.30. The first-order valence-electron chi connectivity index (χ1n) is 6.88. The summed E-state index contributed by atoms with van der Waals surface area (Å²) in [6.45, 7) is 4.00. The number of anilines is 1. The second-order valence-corrected chi connectivity index (χ2v) is 6.49. The molecule has 0 amide bonds. The molecule has 106 valence electrons. The van der Waals surface area contributed by atoms with Crippen LogP contribution in [-0.2, 0) is 0 Å². The van der Waals surface area contributed by atoms with Gasteiger partial charge in [-0.15, -0.1) is 0 Å². The van der Waals surface area contributed by atoms with Crippen LogP contribution < -0.4 is 4.90 Å². The minimum atomic E-state index is -0.415. The van der Waals surface area contributed by atoms with Crippen LogP contribution in [0.5, 0.6) is 0 Å². The van der Waals surface area contributed by atoms with Crippen LogP contribution in [-0.4, -0.2) is 43.2 Å². The van der Waals surface area contributed by atoms with Gasteiger partial charge in [0.1, 0.15) is 0 Å². The van der Waals surface area contributed by atoms with Gasteiger partial charge in [-0.2, -0.15) is 0 Å². The monoisotopic (exact) mass is 326 g/mol. The number of likely N-dealkylation sites (N-methyl/N-ethyl adjacent to an activating group) is 1. The fraction of sp³-hybridized carbons (Fsp3) is 0.600. The van der Waals surface area contributed by atoms with Crippen LogP contribution >= 0.6 is 15.9 Å². The molecule has 2 atom stereocenters. The van der Waals surface area contributed by atoms with Crippen molar-refractivity contribution in [2.75, 3.05) is 32.1 Å². The Labute approximate surface area is 124 Å². The number of nitrogens with zero attached hydrogens (tertiary/aromatic N) is 2. The Kier molecular flexibility index (Phi) is 4.87. The highest BCUT2D eigenvalue weighted by Crippen LogP contribution is 2.34. The van der Waals surface area contributed by atoms with E-state index in [2.05, 4.69) is 45.9 Å². The van der Waals surface area contributed by atoms with Crippen molar-refractivity contribution in [2.45, 2.75) is 31.9 Å². The van der Waals surface area contributed by atoms with Crippen molar-refractivity contribution >= 4 is 21.6 Å². The van der Waals surface area contributed by atoms with Gasteiger partial charge in [-0.05, 0) is 67.5 Å². The predicted octanol–water partition coefficient (Wildman–Crippen LogP) is 3.03. The minimum Gasteiger partial charge on any atom is -0.389 e. The summed E-state index contributed by atoms with van der Waals surface area (Å²) in [5, 5.41) is 9.63. The summed E-state index contributed by atoms with van der Waals surface area (Å²) in [4.78, 5) is 4.73. The molecule has 1 N–H and O–H groups in total. The van der Waals surface area contributed by atoms with Gasteiger partial charge in [-0.3, -0.25) is 0 Å². The molecule has 0 saturated carbocycles. The van der Waals surface area contributed by atoms with E-state index in [0.717, 1.165) is 23.1 Å². The zero-order valence-electron chi connectivity index (χ0n) is 11.9. The summed E-state index contributed by atoms with van der Waals surface area (Å²) in [5.74, 6) is 0. The summed E-state index contributed by atoms with van der Waals surface area (Å²) in [5.41, 5.74) is 2.20. The fourth-order valence-corrected chi connectivity index (χ4v) is 3.40. The van der Waals surface area contributed by atoms with Gasteiger partial charge in [0.15, 0.2) is 0 Å². The number of benzene rings is 1. The van der Waals surface area contributed by atoms with Gasteiger partial charge in [0.25, 0.3) is 0 Å². The van der Waals surface area contributed by atoms with Gasteiger partial charge < -0.3 is 14.9 Å². The van der Waals surface area contributed by atoms with E-state index < -0.39 is 6.10 Å². The van der Waals surface area contributed by atoms with Crippen LogP contribution in [0.4, 0.5) is 5.69 Å². The van der Waals surface area contributed by atoms with E-state index in [4.69, 9.17) is 0 Å². The third-order valence-electron chi connectivity index (χ3n) is 3.72. The zero-order valence-corrected chi connectivity index (χ0v) is 13.5. The Hall–Kier alpha value is -0.580. The van der Waals surface area contributed by atoms with Gasteiger partial charge >= 0.3 is 0 Å². The maximum Gasteiger partial charge on any atom is 0.0762 e. The third kappa shape index (κ3) is 3.50. The van der Waals surface area contributed by atoms with E-state index in [1.807, 2.05) is 12.1 Å². The van der Waals surface area contributed by atoms with E-state index in [9.17, 15) is 5.11 Å². The van der Waals surface area contributed by atoms with Gasteiger partial charge in [0.05, 0.1) is 11.8 Å².